The fourth-order valence-corrected chi connectivity index (χ4v) is 4.38. The number of aliphatic carboxylic acids is 1. The number of carboxylic acid groups (broad SMARTS) is 1. The molecule has 0 aliphatic carbocycles. The first kappa shape index (κ1) is 36.3. The van der Waals surface area contributed by atoms with Crippen LogP contribution in [0.15, 0.2) is 0 Å². The topological polar surface area (TPSA) is 102 Å². The molecule has 0 heterocycles. The summed E-state index contributed by atoms with van der Waals surface area (Å²) < 4.78 is 11.2. The number of rotatable bonds is 27. The molecule has 2 N–H and O–H groups in total. The van der Waals surface area contributed by atoms with E-state index in [1.54, 1.807) is 0 Å². The molecule has 0 aromatic heterocycles. The molecule has 8 heteroatoms. The molecule has 38 heavy (non-hydrogen) atoms. The highest BCUT2D eigenvalue weighted by atomic mass is 16.5. The van der Waals surface area contributed by atoms with Crippen LogP contribution in [0.25, 0.3) is 0 Å². The van der Waals surface area contributed by atoms with Gasteiger partial charge in [0.25, 0.3) is 0 Å². The Morgan fingerprint density at radius 3 is 1.63 bits per heavy atom. The zero-order chi connectivity index (χ0) is 28.5. The minimum absolute atomic E-state index is 0.0180. The molecule has 0 bridgehead atoms. The molecular formula is C30H59N2O6+. The standard InChI is InChI=1S/C30H58N2O6/c1-5-7-9-11-13-15-17-19-23-37-29(35)25-27(31-21-22-32(3,4)26-28(33)34)30(36)38-24-20-18-16-14-12-10-8-6-2/h27,31H,5-26H2,1-4H3/p+1. The molecule has 0 spiro atoms. The first-order valence-corrected chi connectivity index (χ1v) is 15.3. The van der Waals surface area contributed by atoms with Crippen molar-refractivity contribution in [1.82, 2.24) is 5.32 Å². The van der Waals surface area contributed by atoms with Gasteiger partial charge in [-0.2, -0.15) is 0 Å². The van der Waals surface area contributed by atoms with Crippen molar-refractivity contribution in [3.63, 3.8) is 0 Å². The van der Waals surface area contributed by atoms with Crippen LogP contribution in [0, 0.1) is 0 Å². The summed E-state index contributed by atoms with van der Waals surface area (Å²) in [5, 5.41) is 12.2. The van der Waals surface area contributed by atoms with Crippen LogP contribution >= 0.6 is 0 Å². The molecule has 0 saturated carbocycles. The minimum atomic E-state index is -0.874. The largest absolute Gasteiger partial charge is 0.477 e. The summed E-state index contributed by atoms with van der Waals surface area (Å²) in [6, 6.07) is -0.792. The number of hydrogen-bond donors (Lipinski definition) is 2. The normalized spacial score (nSPS) is 12.3. The van der Waals surface area contributed by atoms with E-state index in [1.165, 1.54) is 64.2 Å². The average molecular weight is 544 g/mol. The molecule has 0 saturated heterocycles. The molecule has 0 rings (SSSR count). The number of carbonyl (C=O) groups excluding carboxylic acids is 2. The number of hydrogen-bond acceptors (Lipinski definition) is 6. The molecule has 224 valence electrons. The fourth-order valence-electron chi connectivity index (χ4n) is 4.38. The SMILES string of the molecule is CCCCCCCCCCOC(=O)CC(NCC[N+](C)(C)CC(=O)O)C(=O)OCCCCCCCCCC. The van der Waals surface area contributed by atoms with Gasteiger partial charge in [-0.3, -0.25) is 14.9 Å². The Labute approximate surface area is 232 Å². The van der Waals surface area contributed by atoms with Crippen molar-refractivity contribution in [3.05, 3.63) is 0 Å². The van der Waals surface area contributed by atoms with Gasteiger partial charge in [-0.1, -0.05) is 104 Å². The Bertz CT molecular complexity index is 612. The molecule has 0 aromatic rings. The summed E-state index contributed by atoms with van der Waals surface area (Å²) in [4.78, 5) is 36.3. The number of quaternary nitrogens is 1. The van der Waals surface area contributed by atoms with Gasteiger partial charge in [0.2, 0.25) is 0 Å². The first-order valence-electron chi connectivity index (χ1n) is 15.3. The van der Waals surface area contributed by atoms with Gasteiger partial charge in [-0.15, -0.1) is 0 Å². The van der Waals surface area contributed by atoms with Crippen molar-refractivity contribution in [1.29, 1.82) is 0 Å². The summed E-state index contributed by atoms with van der Waals surface area (Å²) in [7, 11) is 3.65. The van der Waals surface area contributed by atoms with E-state index in [2.05, 4.69) is 19.2 Å². The predicted molar refractivity (Wildman–Crippen MR) is 153 cm³/mol. The third-order valence-corrected chi connectivity index (χ3v) is 6.83. The lowest BCUT2D eigenvalue weighted by Gasteiger charge is -2.28. The van der Waals surface area contributed by atoms with Gasteiger partial charge in [0.1, 0.15) is 6.04 Å². The number of unbranched alkanes of at least 4 members (excludes halogenated alkanes) is 14. The Morgan fingerprint density at radius 2 is 1.16 bits per heavy atom. The molecule has 8 nitrogen and oxygen atoms in total. The summed E-state index contributed by atoms with van der Waals surface area (Å²) in [6.07, 6.45) is 18.6. The number of carboxylic acids is 1. The second kappa shape index (κ2) is 24.4. The van der Waals surface area contributed by atoms with Gasteiger partial charge in [0.05, 0.1) is 40.3 Å². The number of nitrogens with one attached hydrogen (secondary N) is 1. The number of ether oxygens (including phenoxy) is 2. The van der Waals surface area contributed by atoms with Gasteiger partial charge >= 0.3 is 17.9 Å². The van der Waals surface area contributed by atoms with Crippen molar-refractivity contribution < 1.29 is 33.4 Å². The van der Waals surface area contributed by atoms with E-state index in [-0.39, 0.29) is 17.4 Å². The smallest absolute Gasteiger partial charge is 0.359 e. The highest BCUT2D eigenvalue weighted by Gasteiger charge is 2.26. The van der Waals surface area contributed by atoms with Crippen molar-refractivity contribution in [2.24, 2.45) is 0 Å². The van der Waals surface area contributed by atoms with Gasteiger partial charge < -0.3 is 19.1 Å². The second-order valence-electron chi connectivity index (χ2n) is 11.3. The minimum Gasteiger partial charge on any atom is -0.477 e. The maximum absolute atomic E-state index is 12.8. The fraction of sp³-hybridized carbons (Fsp3) is 0.900. The summed E-state index contributed by atoms with van der Waals surface area (Å²) in [6.45, 7) is 6.02. The van der Waals surface area contributed by atoms with Crippen LogP contribution in [0.2, 0.25) is 0 Å². The molecular weight excluding hydrogens is 484 g/mol. The van der Waals surface area contributed by atoms with Crippen molar-refractivity contribution in [2.45, 2.75) is 129 Å². The Hall–Kier alpha value is -1.67. The summed E-state index contributed by atoms with van der Waals surface area (Å²) >= 11 is 0. The summed E-state index contributed by atoms with van der Waals surface area (Å²) in [5.74, 6) is -1.73. The number of likely N-dealkylation sites (N-methyl/N-ethyl adjacent to an activating group) is 1. The van der Waals surface area contributed by atoms with E-state index in [9.17, 15) is 14.4 Å². The maximum Gasteiger partial charge on any atom is 0.359 e. The maximum atomic E-state index is 12.8. The van der Waals surface area contributed by atoms with E-state index in [0.717, 1.165) is 38.5 Å². The van der Waals surface area contributed by atoms with Crippen molar-refractivity contribution >= 4 is 17.9 Å². The van der Waals surface area contributed by atoms with Crippen LogP contribution in [-0.2, 0) is 23.9 Å². The van der Waals surface area contributed by atoms with Gasteiger partial charge in [0.15, 0.2) is 6.54 Å². The Morgan fingerprint density at radius 1 is 0.711 bits per heavy atom. The second-order valence-corrected chi connectivity index (χ2v) is 11.3. The molecule has 1 unspecified atom stereocenters. The summed E-state index contributed by atoms with van der Waals surface area (Å²) in [5.41, 5.74) is 0. The van der Waals surface area contributed by atoms with Gasteiger partial charge in [0, 0.05) is 6.54 Å². The zero-order valence-corrected chi connectivity index (χ0v) is 25.1. The van der Waals surface area contributed by atoms with Crippen LogP contribution in [0.3, 0.4) is 0 Å². The molecule has 0 fully saturated rings. The number of esters is 2. The van der Waals surface area contributed by atoms with Crippen molar-refractivity contribution in [3.8, 4) is 0 Å². The van der Waals surface area contributed by atoms with Crippen LogP contribution in [-0.4, -0.2) is 80.5 Å². The molecule has 0 aliphatic rings. The zero-order valence-electron chi connectivity index (χ0n) is 25.1. The Kier molecular flexibility index (Phi) is 23.3. The first-order chi connectivity index (χ1) is 18.2. The van der Waals surface area contributed by atoms with Crippen LogP contribution in [0.4, 0.5) is 0 Å². The lowest BCUT2D eigenvalue weighted by molar-refractivity contribution is -0.881. The van der Waals surface area contributed by atoms with E-state index in [4.69, 9.17) is 14.6 Å². The van der Waals surface area contributed by atoms with Crippen LogP contribution in [0.1, 0.15) is 123 Å². The van der Waals surface area contributed by atoms with Gasteiger partial charge in [-0.25, -0.2) is 4.79 Å². The molecule has 1 atom stereocenters. The average Bonchev–Trinajstić information content (AvgIpc) is 2.85. The third-order valence-electron chi connectivity index (χ3n) is 6.83. The quantitative estimate of drug-likeness (QED) is 0.0759. The van der Waals surface area contributed by atoms with Crippen LogP contribution in [0.5, 0.6) is 0 Å². The van der Waals surface area contributed by atoms with E-state index in [1.807, 2.05) is 14.1 Å². The lowest BCUT2D eigenvalue weighted by atomic mass is 10.1. The molecule has 0 radical (unpaired) electrons. The van der Waals surface area contributed by atoms with Crippen molar-refractivity contribution in [2.75, 3.05) is 46.9 Å². The highest BCUT2D eigenvalue weighted by molar-refractivity contribution is 5.82. The van der Waals surface area contributed by atoms with Gasteiger partial charge in [-0.05, 0) is 12.8 Å². The molecule has 0 aromatic carbocycles. The lowest BCUT2D eigenvalue weighted by Crippen LogP contribution is -2.50. The van der Waals surface area contributed by atoms with Crippen LogP contribution < -0.4 is 5.32 Å². The third kappa shape index (κ3) is 23.4. The van der Waals surface area contributed by atoms with E-state index in [0.29, 0.717) is 26.3 Å². The predicted octanol–water partition coefficient (Wildman–Crippen LogP) is 5.86. The van der Waals surface area contributed by atoms with E-state index < -0.39 is 23.9 Å². The molecule has 0 amide bonds. The molecule has 0 aliphatic heterocycles. The number of nitrogens with zero attached hydrogens (tertiary/aromatic N) is 1. The number of carbonyl (C=O) groups is 3. The monoisotopic (exact) mass is 543 g/mol. The highest BCUT2D eigenvalue weighted by Crippen LogP contribution is 2.10. The Balaban J connectivity index is 4.43. The van der Waals surface area contributed by atoms with E-state index >= 15 is 0 Å².